The number of hydrogen-bond donors (Lipinski definition) is 0. The molecule has 0 aromatic heterocycles. The van der Waals surface area contributed by atoms with Gasteiger partial charge in [0.2, 0.25) is 0 Å². The van der Waals surface area contributed by atoms with Crippen LogP contribution in [0.5, 0.6) is 0 Å². The molecule has 0 saturated carbocycles. The first-order valence-electron chi connectivity index (χ1n) is 2.07. The summed E-state index contributed by atoms with van der Waals surface area (Å²) in [7, 11) is -4.21. The van der Waals surface area contributed by atoms with Gasteiger partial charge in [-0.05, 0) is 4.57 Å². The Morgan fingerprint density at radius 2 is 1.88 bits per heavy atom. The van der Waals surface area contributed by atoms with Crippen LogP contribution in [0.4, 0.5) is 0 Å². The van der Waals surface area contributed by atoms with Gasteiger partial charge in [-0.15, -0.1) is 0 Å². The van der Waals surface area contributed by atoms with Crippen molar-refractivity contribution in [1.29, 1.82) is 0 Å². The molecule has 0 aromatic rings. The number of rotatable bonds is 2. The molecule has 0 aliphatic carbocycles. The normalized spacial score (nSPS) is 13.6. The van der Waals surface area contributed by atoms with Gasteiger partial charge in [-0.1, -0.05) is 4.31 Å². The first kappa shape index (κ1) is 8.29. The minimum Gasteiger partial charge on any atom is -0.289 e. The Morgan fingerprint density at radius 1 is 1.50 bits per heavy atom. The third-order valence-electron chi connectivity index (χ3n) is 0.312. The summed E-state index contributed by atoms with van der Waals surface area (Å²) < 4.78 is 25.3. The molecule has 0 N–H and O–H groups in total. The van der Waals surface area contributed by atoms with Crippen LogP contribution in [-0.2, 0) is 13.4 Å². The summed E-state index contributed by atoms with van der Waals surface area (Å²) in [5, 5.41) is 0. The zero-order valence-electron chi connectivity index (χ0n) is 5.12. The second-order valence-corrected chi connectivity index (χ2v) is 5.81. The molecule has 0 heterocycles. The molecule has 0 bridgehead atoms. The Morgan fingerprint density at radius 3 is 1.88 bits per heavy atom. The molecule has 0 aromatic carbocycles. The van der Waals surface area contributed by atoms with Crippen LogP contribution in [0, 0.1) is 0 Å². The molecule has 1 atom stereocenters. The van der Waals surface area contributed by atoms with E-state index in [4.69, 9.17) is 0 Å². The Labute approximate surface area is 49.8 Å². The van der Waals surface area contributed by atoms with Gasteiger partial charge in [0.25, 0.3) is 7.37 Å². The van der Waals surface area contributed by atoms with E-state index in [2.05, 4.69) is 4.31 Å². The van der Waals surface area contributed by atoms with Gasteiger partial charge in [0.05, 0.1) is 0 Å². The SMILES string of the molecule is C[P+](=O)OP(C)(C)=O. The lowest BCUT2D eigenvalue weighted by Gasteiger charge is -1.91. The van der Waals surface area contributed by atoms with E-state index in [-0.39, 0.29) is 0 Å². The van der Waals surface area contributed by atoms with Crippen molar-refractivity contribution in [2.75, 3.05) is 20.0 Å². The average molecular weight is 155 g/mol. The van der Waals surface area contributed by atoms with E-state index < -0.39 is 15.4 Å². The fourth-order valence-electron chi connectivity index (χ4n) is 0.277. The van der Waals surface area contributed by atoms with E-state index in [9.17, 15) is 9.13 Å². The van der Waals surface area contributed by atoms with Crippen LogP contribution in [0.1, 0.15) is 0 Å². The predicted octanol–water partition coefficient (Wildman–Crippen LogP) is 1.91. The van der Waals surface area contributed by atoms with Crippen LogP contribution in [0.3, 0.4) is 0 Å². The van der Waals surface area contributed by atoms with Crippen molar-refractivity contribution in [2.45, 2.75) is 0 Å². The van der Waals surface area contributed by atoms with Crippen molar-refractivity contribution in [3.8, 4) is 0 Å². The van der Waals surface area contributed by atoms with Crippen molar-refractivity contribution in [3.63, 3.8) is 0 Å². The van der Waals surface area contributed by atoms with Gasteiger partial charge >= 0.3 is 8.03 Å². The monoisotopic (exact) mass is 155 g/mol. The third-order valence-corrected chi connectivity index (χ3v) is 2.80. The Bertz CT molecular complexity index is 135. The minimum absolute atomic E-state index is 1.38. The van der Waals surface area contributed by atoms with E-state index in [1.54, 1.807) is 0 Å². The highest BCUT2D eigenvalue weighted by Gasteiger charge is 2.19. The van der Waals surface area contributed by atoms with Gasteiger partial charge < -0.3 is 0 Å². The molecule has 48 valence electrons. The van der Waals surface area contributed by atoms with E-state index in [0.29, 0.717) is 0 Å². The smallest absolute Gasteiger partial charge is 0.289 e. The second kappa shape index (κ2) is 2.72. The lowest BCUT2D eigenvalue weighted by molar-refractivity contribution is 0.484. The molecule has 1 unspecified atom stereocenters. The molecule has 0 saturated heterocycles. The Balaban J connectivity index is 3.74. The Hall–Kier alpha value is 0.290. The van der Waals surface area contributed by atoms with E-state index in [1.807, 2.05) is 0 Å². The third kappa shape index (κ3) is 6.29. The molecule has 0 radical (unpaired) electrons. The maximum atomic E-state index is 10.6. The predicted molar refractivity (Wildman–Crippen MR) is 34.1 cm³/mol. The average Bonchev–Trinajstić information content (AvgIpc) is 1.21. The van der Waals surface area contributed by atoms with Gasteiger partial charge in [-0.25, -0.2) is 0 Å². The molecule has 5 heteroatoms. The van der Waals surface area contributed by atoms with Crippen LogP contribution in [0.15, 0.2) is 0 Å². The van der Waals surface area contributed by atoms with Crippen molar-refractivity contribution < 1.29 is 13.4 Å². The summed E-state index contributed by atoms with van der Waals surface area (Å²) >= 11 is 0. The molecule has 0 amide bonds. The fraction of sp³-hybridized carbons (Fsp3) is 1.00. The Kier molecular flexibility index (Phi) is 2.82. The molecule has 0 rings (SSSR count). The molecule has 0 aliphatic rings. The first-order valence-corrected chi connectivity index (χ1v) is 6.22. The minimum atomic E-state index is -2.51. The lowest BCUT2D eigenvalue weighted by Crippen LogP contribution is -1.72. The van der Waals surface area contributed by atoms with Crippen LogP contribution in [0.2, 0.25) is 0 Å². The summed E-state index contributed by atoms with van der Waals surface area (Å²) in [6.07, 6.45) is 0. The topological polar surface area (TPSA) is 43.4 Å². The molecule has 0 spiro atoms. The van der Waals surface area contributed by atoms with Crippen LogP contribution < -0.4 is 0 Å². The summed E-state index contributed by atoms with van der Waals surface area (Å²) in [6, 6.07) is 0. The summed E-state index contributed by atoms with van der Waals surface area (Å²) in [4.78, 5) is 0. The van der Waals surface area contributed by atoms with Gasteiger partial charge in [0.1, 0.15) is 0 Å². The van der Waals surface area contributed by atoms with Gasteiger partial charge in [-0.3, -0.25) is 4.57 Å². The van der Waals surface area contributed by atoms with Gasteiger partial charge in [-0.2, -0.15) is 0 Å². The standard InChI is InChI=1S/C3H9O3P2/c1-7(4)6-8(2,3)5/h1-3H3/q+1. The van der Waals surface area contributed by atoms with Crippen LogP contribution in [-0.4, -0.2) is 20.0 Å². The highest BCUT2D eigenvalue weighted by atomic mass is 31.2. The van der Waals surface area contributed by atoms with Crippen LogP contribution in [0.25, 0.3) is 0 Å². The number of hydrogen-bond acceptors (Lipinski definition) is 3. The molecular weight excluding hydrogens is 146 g/mol. The van der Waals surface area contributed by atoms with E-state index >= 15 is 0 Å². The summed E-state index contributed by atoms with van der Waals surface area (Å²) in [6.45, 7) is 4.25. The van der Waals surface area contributed by atoms with E-state index in [0.717, 1.165) is 0 Å². The summed E-state index contributed by atoms with van der Waals surface area (Å²) in [5.74, 6) is 0. The second-order valence-electron chi connectivity index (χ2n) is 1.77. The maximum absolute atomic E-state index is 10.6. The van der Waals surface area contributed by atoms with Gasteiger partial charge in [0.15, 0.2) is 6.66 Å². The lowest BCUT2D eigenvalue weighted by atomic mass is 11.9. The van der Waals surface area contributed by atoms with Crippen molar-refractivity contribution >= 4 is 15.4 Å². The van der Waals surface area contributed by atoms with Crippen molar-refractivity contribution in [1.82, 2.24) is 0 Å². The van der Waals surface area contributed by atoms with Crippen LogP contribution >= 0.6 is 15.4 Å². The largest absolute Gasteiger partial charge is 0.511 e. The maximum Gasteiger partial charge on any atom is 0.511 e. The quantitative estimate of drug-likeness (QED) is 0.572. The first-order chi connectivity index (χ1) is 3.42. The highest BCUT2D eigenvalue weighted by molar-refractivity contribution is 7.64. The zero-order valence-corrected chi connectivity index (χ0v) is 6.91. The fourth-order valence-corrected chi connectivity index (χ4v) is 2.49. The zero-order chi connectivity index (χ0) is 6.78. The van der Waals surface area contributed by atoms with E-state index in [1.165, 1.54) is 20.0 Å². The van der Waals surface area contributed by atoms with Crippen molar-refractivity contribution in [3.05, 3.63) is 0 Å². The summed E-state index contributed by atoms with van der Waals surface area (Å²) in [5.41, 5.74) is 0. The highest BCUT2D eigenvalue weighted by Crippen LogP contribution is 2.46. The molecular formula is C3H9O3P2+. The molecule has 0 aliphatic heterocycles. The van der Waals surface area contributed by atoms with Crippen molar-refractivity contribution in [2.24, 2.45) is 0 Å². The molecule has 3 nitrogen and oxygen atoms in total. The molecule has 0 fully saturated rings. The molecule has 8 heavy (non-hydrogen) atoms. The van der Waals surface area contributed by atoms with Gasteiger partial charge in [0, 0.05) is 13.3 Å².